The van der Waals surface area contributed by atoms with Crippen molar-refractivity contribution in [3.8, 4) is 0 Å². The van der Waals surface area contributed by atoms with E-state index in [0.29, 0.717) is 18.4 Å². The van der Waals surface area contributed by atoms with E-state index in [2.05, 4.69) is 22.5 Å². The van der Waals surface area contributed by atoms with Crippen molar-refractivity contribution in [2.45, 2.75) is 32.2 Å². The van der Waals surface area contributed by atoms with Crippen LogP contribution in [0.2, 0.25) is 0 Å². The molecule has 0 aromatic rings. The van der Waals surface area contributed by atoms with Crippen LogP contribution in [0.5, 0.6) is 0 Å². The lowest BCUT2D eigenvalue weighted by Crippen LogP contribution is -2.39. The predicted molar refractivity (Wildman–Crippen MR) is 66.4 cm³/mol. The van der Waals surface area contributed by atoms with Gasteiger partial charge in [-0.25, -0.2) is 0 Å². The van der Waals surface area contributed by atoms with E-state index in [0.717, 1.165) is 32.5 Å². The van der Waals surface area contributed by atoms with E-state index in [-0.39, 0.29) is 5.91 Å². The zero-order valence-corrected chi connectivity index (χ0v) is 10.8. The third-order valence-corrected chi connectivity index (χ3v) is 3.41. The lowest BCUT2D eigenvalue weighted by Gasteiger charge is -2.23. The summed E-state index contributed by atoms with van der Waals surface area (Å²) in [6.07, 6.45) is 2.97. The summed E-state index contributed by atoms with van der Waals surface area (Å²) in [7, 11) is 4.06. The molecule has 1 rings (SSSR count). The molecule has 1 fully saturated rings. The Morgan fingerprint density at radius 3 is 2.62 bits per heavy atom. The van der Waals surface area contributed by atoms with E-state index in [1.165, 1.54) is 0 Å². The molecule has 2 N–H and O–H groups in total. The standard InChI is InChI=1S/C12H25N3O/c1-10(15(2)3)9-14-12(16)8-11-4-6-13-7-5-11/h10-11,13H,4-9H2,1-3H3,(H,14,16). The molecule has 1 unspecified atom stereocenters. The normalized spacial score (nSPS) is 19.8. The van der Waals surface area contributed by atoms with Crippen LogP contribution >= 0.6 is 0 Å². The molecule has 1 aliphatic rings. The van der Waals surface area contributed by atoms with Crippen molar-refractivity contribution < 1.29 is 4.79 Å². The van der Waals surface area contributed by atoms with Crippen LogP contribution in [0.4, 0.5) is 0 Å². The molecule has 0 bridgehead atoms. The number of piperidine rings is 1. The fourth-order valence-electron chi connectivity index (χ4n) is 1.86. The second-order valence-corrected chi connectivity index (χ2v) is 5.01. The summed E-state index contributed by atoms with van der Waals surface area (Å²) in [5, 5.41) is 6.32. The number of carbonyl (C=O) groups excluding carboxylic acids is 1. The maximum absolute atomic E-state index is 11.7. The molecule has 1 saturated heterocycles. The van der Waals surface area contributed by atoms with E-state index in [9.17, 15) is 4.79 Å². The van der Waals surface area contributed by atoms with Crippen LogP contribution in [-0.4, -0.2) is 50.6 Å². The number of likely N-dealkylation sites (N-methyl/N-ethyl adjacent to an activating group) is 1. The summed E-state index contributed by atoms with van der Waals surface area (Å²) >= 11 is 0. The van der Waals surface area contributed by atoms with Gasteiger partial charge in [-0.15, -0.1) is 0 Å². The van der Waals surface area contributed by atoms with E-state index >= 15 is 0 Å². The van der Waals surface area contributed by atoms with Gasteiger partial charge < -0.3 is 15.5 Å². The number of hydrogen-bond donors (Lipinski definition) is 2. The minimum atomic E-state index is 0.209. The zero-order valence-electron chi connectivity index (χ0n) is 10.8. The Labute approximate surface area is 98.8 Å². The van der Waals surface area contributed by atoms with Crippen molar-refractivity contribution in [2.75, 3.05) is 33.7 Å². The quantitative estimate of drug-likeness (QED) is 0.716. The number of nitrogens with one attached hydrogen (secondary N) is 2. The smallest absolute Gasteiger partial charge is 0.220 e. The van der Waals surface area contributed by atoms with Crippen molar-refractivity contribution in [2.24, 2.45) is 5.92 Å². The molecule has 0 saturated carbocycles. The second-order valence-electron chi connectivity index (χ2n) is 5.01. The number of carbonyl (C=O) groups is 1. The highest BCUT2D eigenvalue weighted by atomic mass is 16.1. The largest absolute Gasteiger partial charge is 0.355 e. The van der Waals surface area contributed by atoms with Gasteiger partial charge in [-0.05, 0) is 52.9 Å². The SMILES string of the molecule is CC(CNC(=O)CC1CCNCC1)N(C)C. The third-order valence-electron chi connectivity index (χ3n) is 3.41. The molecule has 4 heteroatoms. The van der Waals surface area contributed by atoms with Gasteiger partial charge in [-0.2, -0.15) is 0 Å². The highest BCUT2D eigenvalue weighted by molar-refractivity contribution is 5.76. The molecule has 1 heterocycles. The van der Waals surface area contributed by atoms with Gasteiger partial charge in [-0.3, -0.25) is 4.79 Å². The van der Waals surface area contributed by atoms with Crippen LogP contribution < -0.4 is 10.6 Å². The average molecular weight is 227 g/mol. The minimum Gasteiger partial charge on any atom is -0.355 e. The Bertz CT molecular complexity index is 212. The Morgan fingerprint density at radius 2 is 2.06 bits per heavy atom. The molecule has 4 nitrogen and oxygen atoms in total. The number of nitrogens with zero attached hydrogens (tertiary/aromatic N) is 1. The van der Waals surface area contributed by atoms with Crippen LogP contribution in [0.25, 0.3) is 0 Å². The summed E-state index contributed by atoms with van der Waals surface area (Å²) in [5.41, 5.74) is 0. The lowest BCUT2D eigenvalue weighted by atomic mass is 9.94. The summed E-state index contributed by atoms with van der Waals surface area (Å²) in [4.78, 5) is 13.8. The van der Waals surface area contributed by atoms with Crippen molar-refractivity contribution in [1.82, 2.24) is 15.5 Å². The maximum atomic E-state index is 11.7. The molecule has 0 aromatic heterocycles. The van der Waals surface area contributed by atoms with Gasteiger partial charge >= 0.3 is 0 Å². The summed E-state index contributed by atoms with van der Waals surface area (Å²) in [6, 6.07) is 0.400. The van der Waals surface area contributed by atoms with Gasteiger partial charge in [0.05, 0.1) is 0 Å². The van der Waals surface area contributed by atoms with Gasteiger partial charge in [0.2, 0.25) is 5.91 Å². The van der Waals surface area contributed by atoms with Crippen LogP contribution in [0.3, 0.4) is 0 Å². The Kier molecular flexibility index (Phi) is 5.77. The molecule has 0 aromatic carbocycles. The lowest BCUT2D eigenvalue weighted by molar-refractivity contribution is -0.122. The molecule has 94 valence electrons. The minimum absolute atomic E-state index is 0.209. The molecule has 1 aliphatic heterocycles. The Morgan fingerprint density at radius 1 is 1.44 bits per heavy atom. The molecular weight excluding hydrogens is 202 g/mol. The fraction of sp³-hybridized carbons (Fsp3) is 0.917. The zero-order chi connectivity index (χ0) is 12.0. The number of hydrogen-bond acceptors (Lipinski definition) is 3. The molecule has 0 spiro atoms. The second kappa shape index (κ2) is 6.86. The monoisotopic (exact) mass is 227 g/mol. The summed E-state index contributed by atoms with van der Waals surface area (Å²) in [5.74, 6) is 0.788. The first-order valence-electron chi connectivity index (χ1n) is 6.23. The Hall–Kier alpha value is -0.610. The highest BCUT2D eigenvalue weighted by Crippen LogP contribution is 2.15. The van der Waals surface area contributed by atoms with E-state index in [1.807, 2.05) is 14.1 Å². The van der Waals surface area contributed by atoms with Gasteiger partial charge in [0, 0.05) is 19.0 Å². The Balaban J connectivity index is 2.14. The molecule has 1 amide bonds. The molecular formula is C12H25N3O. The summed E-state index contributed by atoms with van der Waals surface area (Å²) < 4.78 is 0. The van der Waals surface area contributed by atoms with E-state index in [4.69, 9.17) is 0 Å². The third kappa shape index (κ3) is 4.94. The van der Waals surface area contributed by atoms with Crippen LogP contribution in [0.15, 0.2) is 0 Å². The first-order valence-corrected chi connectivity index (χ1v) is 6.23. The predicted octanol–water partition coefficient (Wildman–Crippen LogP) is 0.442. The fourth-order valence-corrected chi connectivity index (χ4v) is 1.86. The van der Waals surface area contributed by atoms with Gasteiger partial charge in [0.15, 0.2) is 0 Å². The molecule has 1 atom stereocenters. The average Bonchev–Trinajstić information content (AvgIpc) is 2.27. The van der Waals surface area contributed by atoms with Gasteiger partial charge in [0.25, 0.3) is 0 Å². The van der Waals surface area contributed by atoms with Gasteiger partial charge in [0.1, 0.15) is 0 Å². The first-order chi connectivity index (χ1) is 7.59. The topological polar surface area (TPSA) is 44.4 Å². The number of amides is 1. The highest BCUT2D eigenvalue weighted by Gasteiger charge is 2.17. The van der Waals surface area contributed by atoms with Crippen LogP contribution in [0.1, 0.15) is 26.2 Å². The van der Waals surface area contributed by atoms with E-state index < -0.39 is 0 Å². The van der Waals surface area contributed by atoms with Gasteiger partial charge in [-0.1, -0.05) is 0 Å². The number of rotatable bonds is 5. The van der Waals surface area contributed by atoms with Crippen LogP contribution in [-0.2, 0) is 4.79 Å². The van der Waals surface area contributed by atoms with Crippen molar-refractivity contribution in [1.29, 1.82) is 0 Å². The molecule has 0 radical (unpaired) electrons. The van der Waals surface area contributed by atoms with Crippen molar-refractivity contribution in [3.63, 3.8) is 0 Å². The van der Waals surface area contributed by atoms with E-state index in [1.54, 1.807) is 0 Å². The first kappa shape index (κ1) is 13.5. The maximum Gasteiger partial charge on any atom is 0.220 e. The molecule has 0 aliphatic carbocycles. The van der Waals surface area contributed by atoms with Crippen molar-refractivity contribution in [3.05, 3.63) is 0 Å². The molecule has 16 heavy (non-hydrogen) atoms. The summed E-state index contributed by atoms with van der Waals surface area (Å²) in [6.45, 7) is 4.99. The van der Waals surface area contributed by atoms with Crippen molar-refractivity contribution >= 4 is 5.91 Å². The van der Waals surface area contributed by atoms with Crippen LogP contribution in [0, 0.1) is 5.92 Å².